The number of benzene rings is 2. The second-order valence-electron chi connectivity index (χ2n) is 5.72. The zero-order valence-electron chi connectivity index (χ0n) is 13.6. The van der Waals surface area contributed by atoms with Gasteiger partial charge in [0.25, 0.3) is 10.0 Å². The van der Waals surface area contributed by atoms with Crippen LogP contribution < -0.4 is 10.6 Å². The average molecular weight is 357 g/mol. The lowest BCUT2D eigenvalue weighted by molar-refractivity contribution is -0.120. The fraction of sp³-hybridized carbons (Fsp3) is 0.222. The number of fused-ring (bicyclic) bond motifs is 1. The van der Waals surface area contributed by atoms with Crippen LogP contribution in [0.2, 0.25) is 0 Å². The SMILES string of the molecule is O=C(CCC1=NS(=O)(=O)c2ccccc2N1)NCCc1ccccc1. The number of hydrogen-bond acceptors (Lipinski definition) is 4. The van der Waals surface area contributed by atoms with E-state index in [4.69, 9.17) is 0 Å². The van der Waals surface area contributed by atoms with Crippen molar-refractivity contribution in [3.05, 3.63) is 60.2 Å². The zero-order valence-corrected chi connectivity index (χ0v) is 14.4. The van der Waals surface area contributed by atoms with Gasteiger partial charge in [-0.05, 0) is 24.1 Å². The lowest BCUT2D eigenvalue weighted by Gasteiger charge is -2.17. The third kappa shape index (κ3) is 4.45. The third-order valence-corrected chi connectivity index (χ3v) is 5.21. The second-order valence-corrected chi connectivity index (χ2v) is 7.29. The molecular formula is C18H19N3O3S. The van der Waals surface area contributed by atoms with Gasteiger partial charge in [-0.15, -0.1) is 4.40 Å². The molecule has 0 fully saturated rings. The normalized spacial score (nSPS) is 14.8. The lowest BCUT2D eigenvalue weighted by Crippen LogP contribution is -2.28. The standard InChI is InChI=1S/C18H19N3O3S/c22-18(19-13-12-14-6-2-1-3-7-14)11-10-17-20-15-8-4-5-9-16(15)25(23,24)21-17/h1-9H,10-13H2,(H,19,22)(H,20,21). The summed E-state index contributed by atoms with van der Waals surface area (Å²) in [6.45, 7) is 0.546. The predicted molar refractivity (Wildman–Crippen MR) is 97.1 cm³/mol. The summed E-state index contributed by atoms with van der Waals surface area (Å²) in [5.41, 5.74) is 1.65. The van der Waals surface area contributed by atoms with E-state index in [-0.39, 0.29) is 29.5 Å². The highest BCUT2D eigenvalue weighted by Crippen LogP contribution is 2.27. The highest BCUT2D eigenvalue weighted by atomic mass is 32.2. The minimum atomic E-state index is -3.70. The summed E-state index contributed by atoms with van der Waals surface area (Å²) >= 11 is 0. The fourth-order valence-corrected chi connectivity index (χ4v) is 3.76. The van der Waals surface area contributed by atoms with Crippen molar-refractivity contribution in [2.24, 2.45) is 4.40 Å². The molecule has 130 valence electrons. The zero-order chi connectivity index (χ0) is 17.7. The molecule has 0 radical (unpaired) electrons. The van der Waals surface area contributed by atoms with Gasteiger partial charge in [-0.1, -0.05) is 42.5 Å². The Morgan fingerprint density at radius 3 is 2.52 bits per heavy atom. The van der Waals surface area contributed by atoms with E-state index in [1.807, 2.05) is 30.3 Å². The van der Waals surface area contributed by atoms with Gasteiger partial charge in [0.15, 0.2) is 0 Å². The molecule has 7 heteroatoms. The highest BCUT2D eigenvalue weighted by Gasteiger charge is 2.24. The first-order valence-electron chi connectivity index (χ1n) is 8.05. The van der Waals surface area contributed by atoms with Crippen LogP contribution >= 0.6 is 0 Å². The Labute approximate surface area is 147 Å². The van der Waals surface area contributed by atoms with Crippen molar-refractivity contribution < 1.29 is 13.2 Å². The van der Waals surface area contributed by atoms with Crippen molar-refractivity contribution in [1.29, 1.82) is 0 Å². The number of sulfonamides is 1. The van der Waals surface area contributed by atoms with Crippen LogP contribution in [0.5, 0.6) is 0 Å². The first-order valence-corrected chi connectivity index (χ1v) is 9.49. The molecular weight excluding hydrogens is 338 g/mol. The van der Waals surface area contributed by atoms with Crippen LogP contribution in [-0.4, -0.2) is 26.7 Å². The Bertz CT molecular complexity index is 893. The summed E-state index contributed by atoms with van der Waals surface area (Å²) in [7, 11) is -3.70. The smallest absolute Gasteiger partial charge is 0.286 e. The third-order valence-electron chi connectivity index (χ3n) is 3.84. The van der Waals surface area contributed by atoms with Gasteiger partial charge in [-0.3, -0.25) is 4.79 Å². The maximum atomic E-state index is 12.1. The number of anilines is 1. The maximum Gasteiger partial charge on any atom is 0.286 e. The summed E-state index contributed by atoms with van der Waals surface area (Å²) in [4.78, 5) is 12.1. The maximum absolute atomic E-state index is 12.1. The van der Waals surface area contributed by atoms with Crippen LogP contribution in [0.3, 0.4) is 0 Å². The van der Waals surface area contributed by atoms with Crippen molar-refractivity contribution in [2.45, 2.75) is 24.2 Å². The second kappa shape index (κ2) is 7.48. The number of amidine groups is 1. The number of hydrogen-bond donors (Lipinski definition) is 2. The molecule has 25 heavy (non-hydrogen) atoms. The van der Waals surface area contributed by atoms with E-state index in [0.29, 0.717) is 12.2 Å². The fourth-order valence-electron chi connectivity index (χ4n) is 2.59. The van der Waals surface area contributed by atoms with E-state index < -0.39 is 10.0 Å². The molecule has 1 heterocycles. The van der Waals surface area contributed by atoms with Crippen LogP contribution in [-0.2, 0) is 21.2 Å². The van der Waals surface area contributed by atoms with Crippen molar-refractivity contribution in [2.75, 3.05) is 11.9 Å². The van der Waals surface area contributed by atoms with Crippen LogP contribution in [0.1, 0.15) is 18.4 Å². The molecule has 2 aromatic carbocycles. The molecule has 3 rings (SSSR count). The van der Waals surface area contributed by atoms with Crippen LogP contribution in [0.15, 0.2) is 63.9 Å². The number of para-hydroxylation sites is 1. The van der Waals surface area contributed by atoms with Crippen molar-refractivity contribution in [3.8, 4) is 0 Å². The van der Waals surface area contributed by atoms with Gasteiger partial charge in [-0.25, -0.2) is 0 Å². The Hall–Kier alpha value is -2.67. The number of nitrogens with zero attached hydrogens (tertiary/aromatic N) is 1. The molecule has 2 aromatic rings. The molecule has 6 nitrogen and oxygen atoms in total. The summed E-state index contributed by atoms with van der Waals surface area (Å²) in [5.74, 6) is 0.161. The van der Waals surface area contributed by atoms with E-state index in [9.17, 15) is 13.2 Å². The monoisotopic (exact) mass is 357 g/mol. The minimum absolute atomic E-state index is 0.128. The molecule has 0 saturated heterocycles. The van der Waals surface area contributed by atoms with Gasteiger partial charge in [0, 0.05) is 19.4 Å². The Balaban J connectivity index is 1.50. The lowest BCUT2D eigenvalue weighted by atomic mass is 10.1. The summed E-state index contributed by atoms with van der Waals surface area (Å²) in [5, 5.41) is 5.82. The predicted octanol–water partition coefficient (Wildman–Crippen LogP) is 2.34. The summed E-state index contributed by atoms with van der Waals surface area (Å²) in [6.07, 6.45) is 1.18. The average Bonchev–Trinajstić information content (AvgIpc) is 2.60. The van der Waals surface area contributed by atoms with Crippen LogP contribution in [0.4, 0.5) is 5.69 Å². The molecule has 0 aromatic heterocycles. The first-order chi connectivity index (χ1) is 12.0. The number of carbonyl (C=O) groups is 1. The quantitative estimate of drug-likeness (QED) is 0.831. The largest absolute Gasteiger partial charge is 0.356 e. The number of carbonyl (C=O) groups excluding carboxylic acids is 1. The van der Waals surface area contributed by atoms with Crippen LogP contribution in [0.25, 0.3) is 0 Å². The number of amides is 1. The van der Waals surface area contributed by atoms with Gasteiger partial charge in [0.05, 0.1) is 5.69 Å². The summed E-state index contributed by atoms with van der Waals surface area (Å²) in [6, 6.07) is 16.5. The van der Waals surface area contributed by atoms with Gasteiger partial charge in [0.1, 0.15) is 10.7 Å². The Morgan fingerprint density at radius 1 is 1.00 bits per heavy atom. The topological polar surface area (TPSA) is 87.6 Å². The van der Waals surface area contributed by atoms with E-state index in [1.54, 1.807) is 18.2 Å². The summed E-state index contributed by atoms with van der Waals surface area (Å²) < 4.78 is 28.0. The molecule has 1 aliphatic heterocycles. The molecule has 0 bridgehead atoms. The number of nitrogens with one attached hydrogen (secondary N) is 2. The van der Waals surface area contributed by atoms with Gasteiger partial charge in [0.2, 0.25) is 5.91 Å². The Morgan fingerprint density at radius 2 is 1.72 bits per heavy atom. The Kier molecular flexibility index (Phi) is 5.14. The molecule has 1 amide bonds. The van der Waals surface area contributed by atoms with E-state index in [0.717, 1.165) is 12.0 Å². The van der Waals surface area contributed by atoms with Gasteiger partial charge in [-0.2, -0.15) is 8.42 Å². The molecule has 0 unspecified atom stereocenters. The molecule has 0 spiro atoms. The van der Waals surface area contributed by atoms with Gasteiger partial charge < -0.3 is 10.6 Å². The molecule has 2 N–H and O–H groups in total. The molecule has 0 aliphatic carbocycles. The molecule has 0 saturated carbocycles. The van der Waals surface area contributed by atoms with Crippen molar-refractivity contribution in [3.63, 3.8) is 0 Å². The van der Waals surface area contributed by atoms with Crippen molar-refractivity contribution in [1.82, 2.24) is 5.32 Å². The van der Waals surface area contributed by atoms with E-state index >= 15 is 0 Å². The highest BCUT2D eigenvalue weighted by molar-refractivity contribution is 7.90. The number of rotatable bonds is 6. The van der Waals surface area contributed by atoms with E-state index in [1.165, 1.54) is 6.07 Å². The minimum Gasteiger partial charge on any atom is -0.356 e. The first kappa shape index (κ1) is 17.2. The molecule has 1 aliphatic rings. The van der Waals surface area contributed by atoms with Gasteiger partial charge >= 0.3 is 0 Å². The molecule has 0 atom stereocenters. The van der Waals surface area contributed by atoms with Crippen LogP contribution in [0, 0.1) is 0 Å². The van der Waals surface area contributed by atoms with Crippen molar-refractivity contribution >= 4 is 27.5 Å². The van der Waals surface area contributed by atoms with E-state index in [2.05, 4.69) is 15.0 Å².